The average molecular weight is 479 g/mol. The number of nitrogens with zero attached hydrogens (tertiary/aromatic N) is 4. The predicted octanol–water partition coefficient (Wildman–Crippen LogP) is 8.99. The summed E-state index contributed by atoms with van der Waals surface area (Å²) in [5.74, 6) is 1.02. The molecule has 4 heteroatoms. The van der Waals surface area contributed by atoms with Crippen LogP contribution >= 0.6 is 0 Å². The van der Waals surface area contributed by atoms with Crippen LogP contribution in [0.15, 0.2) is 97.2 Å². The van der Waals surface area contributed by atoms with Crippen molar-refractivity contribution < 1.29 is 0 Å². The molecule has 1 aliphatic rings. The lowest BCUT2D eigenvalue weighted by atomic mass is 10.1. The molecule has 1 aromatic heterocycles. The number of hydrogen-bond acceptors (Lipinski definition) is 4. The fourth-order valence-electron chi connectivity index (χ4n) is 4.68. The summed E-state index contributed by atoms with van der Waals surface area (Å²) in [6, 6.07) is 31.9. The summed E-state index contributed by atoms with van der Waals surface area (Å²) >= 11 is 0. The number of anilines is 6. The summed E-state index contributed by atoms with van der Waals surface area (Å²) < 4.78 is 0. The minimum atomic E-state index is 0.181. The van der Waals surface area contributed by atoms with Crippen LogP contribution in [0.2, 0.25) is 0 Å². The molecule has 4 aromatic rings. The molecule has 0 fully saturated rings. The first kappa shape index (κ1) is 25.3. The molecule has 36 heavy (non-hydrogen) atoms. The standard InChI is InChI=1S/C27H26N4.C5H12/c1-20-16-17-24(31(22-11-6-4-7-12-22)23-13-8-5-9-14-23)19-26(20)30-21(2)29(3)27-25(30)15-10-18-28-27;1-3-5-4-2/h4-19,21H,1-3H3;3-5H2,1-2H3. The molecule has 1 atom stereocenters. The van der Waals surface area contributed by atoms with Crippen LogP contribution in [0, 0.1) is 6.92 Å². The Balaban J connectivity index is 0.000000556. The van der Waals surface area contributed by atoms with E-state index in [4.69, 9.17) is 0 Å². The fraction of sp³-hybridized carbons (Fsp3) is 0.281. The van der Waals surface area contributed by atoms with Gasteiger partial charge in [0, 0.05) is 36.0 Å². The van der Waals surface area contributed by atoms with Gasteiger partial charge in [-0.05, 0) is 67.9 Å². The summed E-state index contributed by atoms with van der Waals surface area (Å²) in [7, 11) is 2.11. The van der Waals surface area contributed by atoms with Gasteiger partial charge in [0.05, 0.1) is 5.69 Å². The molecule has 0 saturated carbocycles. The second-order valence-electron chi connectivity index (χ2n) is 9.29. The second-order valence-corrected chi connectivity index (χ2v) is 9.29. The quantitative estimate of drug-likeness (QED) is 0.276. The van der Waals surface area contributed by atoms with Crippen molar-refractivity contribution in [1.29, 1.82) is 0 Å². The van der Waals surface area contributed by atoms with E-state index in [1.807, 2.05) is 12.3 Å². The highest BCUT2D eigenvalue weighted by Gasteiger charge is 2.33. The van der Waals surface area contributed by atoms with Crippen LogP contribution in [0.3, 0.4) is 0 Å². The van der Waals surface area contributed by atoms with Gasteiger partial charge in [0.1, 0.15) is 6.17 Å². The Morgan fingerprint density at radius 2 is 1.36 bits per heavy atom. The second kappa shape index (κ2) is 11.8. The minimum Gasteiger partial charge on any atom is -0.337 e. The topological polar surface area (TPSA) is 22.6 Å². The van der Waals surface area contributed by atoms with Gasteiger partial charge in [-0.3, -0.25) is 0 Å². The number of unbranched alkanes of at least 4 members (excludes halogenated alkanes) is 2. The van der Waals surface area contributed by atoms with Crippen molar-refractivity contribution in [2.45, 2.75) is 53.1 Å². The van der Waals surface area contributed by atoms with Gasteiger partial charge in [0.2, 0.25) is 0 Å². The molecule has 3 aromatic carbocycles. The summed E-state index contributed by atoms with van der Waals surface area (Å²) in [5.41, 5.74) is 6.98. The van der Waals surface area contributed by atoms with Crippen molar-refractivity contribution in [3.05, 3.63) is 103 Å². The SMILES string of the molecule is CCCCC.Cc1ccc(N(c2ccccc2)c2ccccc2)cc1N1c2cccnc2N(C)C1C. The maximum absolute atomic E-state index is 4.62. The van der Waals surface area contributed by atoms with E-state index in [1.165, 1.54) is 30.5 Å². The van der Waals surface area contributed by atoms with E-state index in [2.05, 4.69) is 139 Å². The first-order valence-electron chi connectivity index (χ1n) is 13.0. The van der Waals surface area contributed by atoms with Crippen molar-refractivity contribution in [1.82, 2.24) is 4.98 Å². The Morgan fingerprint density at radius 3 is 1.92 bits per heavy atom. The number of benzene rings is 3. The largest absolute Gasteiger partial charge is 0.337 e. The van der Waals surface area contributed by atoms with E-state index >= 15 is 0 Å². The zero-order valence-electron chi connectivity index (χ0n) is 22.2. The zero-order valence-corrected chi connectivity index (χ0v) is 22.2. The van der Waals surface area contributed by atoms with Gasteiger partial charge in [-0.2, -0.15) is 0 Å². The molecule has 0 saturated heterocycles. The van der Waals surface area contributed by atoms with Crippen LogP contribution in [-0.2, 0) is 0 Å². The van der Waals surface area contributed by atoms with Crippen molar-refractivity contribution in [3.8, 4) is 0 Å². The molecule has 0 aliphatic carbocycles. The van der Waals surface area contributed by atoms with E-state index in [0.29, 0.717) is 0 Å². The molecule has 0 spiro atoms. The van der Waals surface area contributed by atoms with Crippen LogP contribution in [0.5, 0.6) is 0 Å². The van der Waals surface area contributed by atoms with Crippen LogP contribution in [0.4, 0.5) is 34.3 Å². The van der Waals surface area contributed by atoms with Gasteiger partial charge in [-0.15, -0.1) is 0 Å². The first-order valence-corrected chi connectivity index (χ1v) is 13.0. The lowest BCUT2D eigenvalue weighted by Gasteiger charge is -2.31. The highest BCUT2D eigenvalue weighted by Crippen LogP contribution is 2.45. The van der Waals surface area contributed by atoms with E-state index in [0.717, 1.165) is 28.6 Å². The van der Waals surface area contributed by atoms with Crippen molar-refractivity contribution in [2.24, 2.45) is 0 Å². The Labute approximate surface area is 216 Å². The normalized spacial score (nSPS) is 14.2. The number of para-hydroxylation sites is 2. The van der Waals surface area contributed by atoms with E-state index in [9.17, 15) is 0 Å². The molecule has 0 N–H and O–H groups in total. The minimum absolute atomic E-state index is 0.181. The average Bonchev–Trinajstić information content (AvgIpc) is 3.17. The molecule has 0 bridgehead atoms. The summed E-state index contributed by atoms with van der Waals surface area (Å²) in [6.45, 7) is 8.82. The van der Waals surface area contributed by atoms with Crippen molar-refractivity contribution >= 4 is 34.3 Å². The third-order valence-electron chi connectivity index (χ3n) is 6.74. The molecule has 0 amide bonds. The van der Waals surface area contributed by atoms with Gasteiger partial charge < -0.3 is 14.7 Å². The van der Waals surface area contributed by atoms with E-state index < -0.39 is 0 Å². The molecule has 1 unspecified atom stereocenters. The maximum atomic E-state index is 4.62. The highest BCUT2D eigenvalue weighted by molar-refractivity contribution is 5.85. The molecular formula is C32H38N4. The molecule has 5 rings (SSSR count). The third-order valence-corrected chi connectivity index (χ3v) is 6.74. The number of rotatable bonds is 6. The zero-order chi connectivity index (χ0) is 25.5. The Kier molecular flexibility index (Phi) is 8.27. The monoisotopic (exact) mass is 478 g/mol. The van der Waals surface area contributed by atoms with Gasteiger partial charge in [-0.25, -0.2) is 4.98 Å². The van der Waals surface area contributed by atoms with Crippen molar-refractivity contribution in [3.63, 3.8) is 0 Å². The fourth-order valence-corrected chi connectivity index (χ4v) is 4.68. The summed E-state index contributed by atoms with van der Waals surface area (Å²) in [6.07, 6.45) is 6.12. The third kappa shape index (κ3) is 5.23. The molecule has 186 valence electrons. The molecule has 0 radical (unpaired) electrons. The van der Waals surface area contributed by atoms with Gasteiger partial charge in [0.15, 0.2) is 5.82 Å². The summed E-state index contributed by atoms with van der Waals surface area (Å²) in [5, 5.41) is 0. The van der Waals surface area contributed by atoms with Crippen LogP contribution in [-0.4, -0.2) is 18.2 Å². The number of aryl methyl sites for hydroxylation is 1. The smallest absolute Gasteiger partial charge is 0.153 e. The predicted molar refractivity (Wildman–Crippen MR) is 155 cm³/mol. The Morgan fingerprint density at radius 1 is 0.750 bits per heavy atom. The highest BCUT2D eigenvalue weighted by atomic mass is 15.4. The Bertz CT molecular complexity index is 1200. The lowest BCUT2D eigenvalue weighted by molar-refractivity contribution is 0.728. The molecular weight excluding hydrogens is 440 g/mol. The Hall–Kier alpha value is -3.79. The number of aromatic nitrogens is 1. The van der Waals surface area contributed by atoms with Crippen LogP contribution in [0.25, 0.3) is 0 Å². The van der Waals surface area contributed by atoms with Gasteiger partial charge in [-0.1, -0.05) is 75.6 Å². The summed E-state index contributed by atoms with van der Waals surface area (Å²) in [4.78, 5) is 11.5. The maximum Gasteiger partial charge on any atom is 0.153 e. The lowest BCUT2D eigenvalue weighted by Crippen LogP contribution is -2.36. The number of fused-ring (bicyclic) bond motifs is 1. The molecule has 1 aliphatic heterocycles. The van der Waals surface area contributed by atoms with E-state index in [1.54, 1.807) is 0 Å². The van der Waals surface area contributed by atoms with Crippen LogP contribution in [0.1, 0.15) is 45.6 Å². The molecule has 2 heterocycles. The van der Waals surface area contributed by atoms with E-state index in [-0.39, 0.29) is 6.17 Å². The van der Waals surface area contributed by atoms with Crippen LogP contribution < -0.4 is 14.7 Å². The number of pyridine rings is 1. The molecule has 4 nitrogen and oxygen atoms in total. The number of hydrogen-bond donors (Lipinski definition) is 0. The first-order chi connectivity index (χ1) is 17.6. The van der Waals surface area contributed by atoms with Crippen molar-refractivity contribution in [2.75, 3.05) is 21.7 Å². The van der Waals surface area contributed by atoms with Gasteiger partial charge >= 0.3 is 0 Å². The van der Waals surface area contributed by atoms with Gasteiger partial charge in [0.25, 0.3) is 0 Å².